The number of nitrogens with one attached hydrogen (secondary N) is 1. The molecule has 0 aromatic carbocycles. The molecule has 1 saturated heterocycles. The van der Waals surface area contributed by atoms with Gasteiger partial charge in [-0.2, -0.15) is 0 Å². The van der Waals surface area contributed by atoms with Crippen molar-refractivity contribution < 1.29 is 0 Å². The van der Waals surface area contributed by atoms with Gasteiger partial charge in [0.2, 0.25) is 0 Å². The van der Waals surface area contributed by atoms with E-state index in [0.29, 0.717) is 12.1 Å². The van der Waals surface area contributed by atoms with Gasteiger partial charge >= 0.3 is 0 Å². The Bertz CT molecular complexity index is 351. The normalized spacial score (nSPS) is 29.0. The fourth-order valence-corrected chi connectivity index (χ4v) is 3.15. The maximum atomic E-state index is 4.69. The van der Waals surface area contributed by atoms with Crippen molar-refractivity contribution in [2.75, 3.05) is 32.7 Å². The van der Waals surface area contributed by atoms with Crippen LogP contribution in [0.3, 0.4) is 0 Å². The molecule has 0 spiro atoms. The van der Waals surface area contributed by atoms with E-state index in [4.69, 9.17) is 0 Å². The molecule has 106 valence electrons. The SMILES string of the molecule is CCN=C(NC1CCC1)N1CCC(N2CC=CC2)C1. The maximum Gasteiger partial charge on any atom is 0.194 e. The molecule has 1 aliphatic carbocycles. The van der Waals surface area contributed by atoms with Crippen LogP contribution in [-0.2, 0) is 0 Å². The van der Waals surface area contributed by atoms with E-state index in [1.165, 1.54) is 25.7 Å². The van der Waals surface area contributed by atoms with Gasteiger partial charge in [-0.05, 0) is 32.6 Å². The molecule has 1 unspecified atom stereocenters. The smallest absolute Gasteiger partial charge is 0.194 e. The second kappa shape index (κ2) is 5.95. The topological polar surface area (TPSA) is 30.9 Å². The van der Waals surface area contributed by atoms with Gasteiger partial charge in [0.1, 0.15) is 0 Å². The minimum absolute atomic E-state index is 0.679. The van der Waals surface area contributed by atoms with E-state index in [9.17, 15) is 0 Å². The van der Waals surface area contributed by atoms with Crippen molar-refractivity contribution in [1.82, 2.24) is 15.1 Å². The minimum Gasteiger partial charge on any atom is -0.354 e. The summed E-state index contributed by atoms with van der Waals surface area (Å²) in [6.45, 7) is 7.56. The molecule has 2 aliphatic heterocycles. The highest BCUT2D eigenvalue weighted by Crippen LogP contribution is 2.21. The lowest BCUT2D eigenvalue weighted by atomic mass is 9.93. The first kappa shape index (κ1) is 13.0. The minimum atomic E-state index is 0.679. The molecule has 3 rings (SSSR count). The highest BCUT2D eigenvalue weighted by atomic mass is 15.3. The molecule has 4 nitrogen and oxygen atoms in total. The lowest BCUT2D eigenvalue weighted by Gasteiger charge is -2.32. The van der Waals surface area contributed by atoms with Crippen molar-refractivity contribution in [2.24, 2.45) is 4.99 Å². The van der Waals surface area contributed by atoms with E-state index in [2.05, 4.69) is 39.2 Å². The van der Waals surface area contributed by atoms with Crippen LogP contribution in [0, 0.1) is 0 Å². The monoisotopic (exact) mass is 262 g/mol. The van der Waals surface area contributed by atoms with Crippen LogP contribution in [0.4, 0.5) is 0 Å². The van der Waals surface area contributed by atoms with Gasteiger partial charge in [-0.3, -0.25) is 9.89 Å². The van der Waals surface area contributed by atoms with Gasteiger partial charge in [-0.25, -0.2) is 0 Å². The molecule has 19 heavy (non-hydrogen) atoms. The third-order valence-corrected chi connectivity index (χ3v) is 4.57. The van der Waals surface area contributed by atoms with Crippen molar-refractivity contribution in [2.45, 2.75) is 44.7 Å². The first-order valence-electron chi connectivity index (χ1n) is 7.82. The quantitative estimate of drug-likeness (QED) is 0.474. The van der Waals surface area contributed by atoms with E-state index in [0.717, 1.165) is 38.7 Å². The summed E-state index contributed by atoms with van der Waals surface area (Å²) in [7, 11) is 0. The summed E-state index contributed by atoms with van der Waals surface area (Å²) in [5.74, 6) is 1.15. The van der Waals surface area contributed by atoms with Crippen molar-refractivity contribution in [3.63, 3.8) is 0 Å². The zero-order valence-corrected chi connectivity index (χ0v) is 12.0. The second-order valence-electron chi connectivity index (χ2n) is 5.88. The molecule has 0 radical (unpaired) electrons. The molecule has 2 heterocycles. The van der Waals surface area contributed by atoms with Crippen LogP contribution in [0.25, 0.3) is 0 Å². The Kier molecular flexibility index (Phi) is 4.06. The van der Waals surface area contributed by atoms with E-state index in [1.807, 2.05) is 0 Å². The van der Waals surface area contributed by atoms with Crippen LogP contribution >= 0.6 is 0 Å². The molecule has 3 aliphatic rings. The van der Waals surface area contributed by atoms with Gasteiger partial charge in [0.15, 0.2) is 5.96 Å². The summed E-state index contributed by atoms with van der Waals surface area (Å²) >= 11 is 0. The summed E-state index contributed by atoms with van der Waals surface area (Å²) in [6.07, 6.45) is 9.86. The van der Waals surface area contributed by atoms with Gasteiger partial charge in [0, 0.05) is 44.8 Å². The van der Waals surface area contributed by atoms with E-state index < -0.39 is 0 Å². The molecule has 1 saturated carbocycles. The molecule has 4 heteroatoms. The molecule has 0 amide bonds. The molecule has 0 aromatic rings. The third-order valence-electron chi connectivity index (χ3n) is 4.57. The molecule has 1 N–H and O–H groups in total. The lowest BCUT2D eigenvalue weighted by Crippen LogP contribution is -2.48. The Hall–Kier alpha value is -1.03. The number of hydrogen-bond donors (Lipinski definition) is 1. The zero-order chi connectivity index (χ0) is 13.1. The molecule has 0 bridgehead atoms. The van der Waals surface area contributed by atoms with Gasteiger partial charge in [-0.1, -0.05) is 12.2 Å². The Balaban J connectivity index is 1.55. The summed E-state index contributed by atoms with van der Waals surface area (Å²) in [5, 5.41) is 3.65. The van der Waals surface area contributed by atoms with E-state index in [1.54, 1.807) is 0 Å². The van der Waals surface area contributed by atoms with Crippen molar-refractivity contribution >= 4 is 5.96 Å². The molecule has 1 atom stereocenters. The van der Waals surface area contributed by atoms with Crippen LogP contribution in [0.15, 0.2) is 17.1 Å². The average molecular weight is 262 g/mol. The summed E-state index contributed by atoms with van der Waals surface area (Å²) in [6, 6.07) is 1.39. The van der Waals surface area contributed by atoms with Crippen molar-refractivity contribution in [3.05, 3.63) is 12.2 Å². The second-order valence-corrected chi connectivity index (χ2v) is 5.88. The molecule has 0 aromatic heterocycles. The number of likely N-dealkylation sites (tertiary alicyclic amines) is 1. The molecular formula is C15H26N4. The van der Waals surface area contributed by atoms with E-state index in [-0.39, 0.29) is 0 Å². The van der Waals surface area contributed by atoms with Crippen LogP contribution in [0.1, 0.15) is 32.6 Å². The van der Waals surface area contributed by atoms with Crippen LogP contribution in [0.2, 0.25) is 0 Å². The predicted octanol–water partition coefficient (Wildman–Crippen LogP) is 1.45. The van der Waals surface area contributed by atoms with Gasteiger partial charge in [0.25, 0.3) is 0 Å². The van der Waals surface area contributed by atoms with Crippen molar-refractivity contribution in [3.8, 4) is 0 Å². The highest BCUT2D eigenvalue weighted by molar-refractivity contribution is 5.80. The maximum absolute atomic E-state index is 4.69. The van der Waals surface area contributed by atoms with Crippen LogP contribution in [-0.4, -0.2) is 60.6 Å². The lowest BCUT2D eigenvalue weighted by molar-refractivity contribution is 0.258. The molecular weight excluding hydrogens is 236 g/mol. The van der Waals surface area contributed by atoms with Gasteiger partial charge in [-0.15, -0.1) is 0 Å². The summed E-state index contributed by atoms with van der Waals surface area (Å²) in [5.41, 5.74) is 0. The Labute approximate surface area is 116 Å². The number of aliphatic imine (C=N–C) groups is 1. The first-order valence-corrected chi connectivity index (χ1v) is 7.82. The Morgan fingerprint density at radius 3 is 2.68 bits per heavy atom. The average Bonchev–Trinajstić information content (AvgIpc) is 3.01. The van der Waals surface area contributed by atoms with Crippen molar-refractivity contribution in [1.29, 1.82) is 0 Å². The predicted molar refractivity (Wildman–Crippen MR) is 79.4 cm³/mol. The number of rotatable bonds is 3. The Morgan fingerprint density at radius 1 is 1.26 bits per heavy atom. The third kappa shape index (κ3) is 2.94. The summed E-state index contributed by atoms with van der Waals surface area (Å²) in [4.78, 5) is 9.73. The Morgan fingerprint density at radius 2 is 2.05 bits per heavy atom. The number of nitrogens with zero attached hydrogens (tertiary/aromatic N) is 3. The molecule has 2 fully saturated rings. The number of guanidine groups is 1. The number of hydrogen-bond acceptors (Lipinski definition) is 2. The standard InChI is InChI=1S/C15H26N4/c1-2-16-15(17-13-6-5-7-13)19-11-8-14(12-19)18-9-3-4-10-18/h3-4,13-14H,2,5-12H2,1H3,(H,16,17). The first-order chi connectivity index (χ1) is 9.36. The van der Waals surface area contributed by atoms with Crippen LogP contribution < -0.4 is 5.32 Å². The summed E-state index contributed by atoms with van der Waals surface area (Å²) < 4.78 is 0. The van der Waals surface area contributed by atoms with Gasteiger partial charge in [0.05, 0.1) is 0 Å². The zero-order valence-electron chi connectivity index (χ0n) is 12.0. The van der Waals surface area contributed by atoms with Gasteiger partial charge < -0.3 is 10.2 Å². The van der Waals surface area contributed by atoms with E-state index >= 15 is 0 Å². The highest BCUT2D eigenvalue weighted by Gasteiger charge is 2.30. The fraction of sp³-hybridized carbons (Fsp3) is 0.800. The fourth-order valence-electron chi connectivity index (χ4n) is 3.15. The van der Waals surface area contributed by atoms with Crippen LogP contribution in [0.5, 0.6) is 0 Å². The largest absolute Gasteiger partial charge is 0.354 e.